The monoisotopic (exact) mass is 296 g/mol. The fourth-order valence-electron chi connectivity index (χ4n) is 2.30. The second kappa shape index (κ2) is 6.85. The van der Waals surface area contributed by atoms with E-state index >= 15 is 0 Å². The van der Waals surface area contributed by atoms with E-state index in [2.05, 4.69) is 10.6 Å². The van der Waals surface area contributed by atoms with Crippen LogP contribution >= 0.6 is 11.3 Å². The first-order valence-electron chi connectivity index (χ1n) is 6.86. The lowest BCUT2D eigenvalue weighted by molar-refractivity contribution is -0.121. The van der Waals surface area contributed by atoms with Gasteiger partial charge < -0.3 is 15.7 Å². The number of hydrogen-bond donors (Lipinski definition) is 3. The molecule has 1 aliphatic rings. The number of rotatable bonds is 4. The van der Waals surface area contributed by atoms with Crippen LogP contribution < -0.4 is 10.6 Å². The molecule has 6 heteroatoms. The second-order valence-corrected chi connectivity index (χ2v) is 6.45. The zero-order chi connectivity index (χ0) is 14.5. The van der Waals surface area contributed by atoms with Crippen molar-refractivity contribution in [1.82, 2.24) is 10.6 Å². The largest absolute Gasteiger partial charge is 0.393 e. The molecule has 1 fully saturated rings. The van der Waals surface area contributed by atoms with E-state index in [1.54, 1.807) is 6.07 Å². The highest BCUT2D eigenvalue weighted by atomic mass is 32.1. The Labute approximate surface area is 122 Å². The van der Waals surface area contributed by atoms with Gasteiger partial charge in [0.05, 0.1) is 17.5 Å². The average molecular weight is 296 g/mol. The van der Waals surface area contributed by atoms with Crippen LogP contribution in [-0.2, 0) is 4.79 Å². The van der Waals surface area contributed by atoms with Gasteiger partial charge in [0.1, 0.15) is 0 Å². The lowest BCUT2D eigenvalue weighted by Gasteiger charge is -2.26. The number of hydrogen-bond acceptors (Lipinski definition) is 4. The Morgan fingerprint density at radius 1 is 1.30 bits per heavy atom. The maximum Gasteiger partial charge on any atom is 0.261 e. The molecule has 1 saturated carbocycles. The minimum atomic E-state index is -0.232. The van der Waals surface area contributed by atoms with Gasteiger partial charge in [0.15, 0.2) is 0 Å². The average Bonchev–Trinajstić information content (AvgIpc) is 2.85. The van der Waals surface area contributed by atoms with Gasteiger partial charge in [-0.15, -0.1) is 11.3 Å². The molecule has 0 spiro atoms. The van der Waals surface area contributed by atoms with E-state index < -0.39 is 0 Å². The van der Waals surface area contributed by atoms with Gasteiger partial charge in [0.25, 0.3) is 5.91 Å². The molecule has 2 amide bonds. The van der Waals surface area contributed by atoms with E-state index in [9.17, 15) is 14.7 Å². The molecule has 0 saturated heterocycles. The molecule has 1 aromatic rings. The molecule has 0 unspecified atom stereocenters. The van der Waals surface area contributed by atoms with Crippen LogP contribution in [0.2, 0.25) is 0 Å². The predicted octanol–water partition coefficient (Wildman–Crippen LogP) is 1.21. The molecule has 0 bridgehead atoms. The van der Waals surface area contributed by atoms with Crippen LogP contribution in [0.15, 0.2) is 12.1 Å². The number of thiophene rings is 1. The number of amides is 2. The van der Waals surface area contributed by atoms with Crippen molar-refractivity contribution in [1.29, 1.82) is 0 Å². The van der Waals surface area contributed by atoms with Gasteiger partial charge in [-0.05, 0) is 44.7 Å². The Morgan fingerprint density at radius 3 is 2.60 bits per heavy atom. The van der Waals surface area contributed by atoms with E-state index in [4.69, 9.17) is 0 Å². The molecule has 1 aliphatic carbocycles. The molecular formula is C14H20N2O3S. The molecule has 1 aromatic heterocycles. The van der Waals surface area contributed by atoms with Gasteiger partial charge in [0, 0.05) is 10.9 Å². The third kappa shape index (κ3) is 4.31. The van der Waals surface area contributed by atoms with Crippen LogP contribution in [0.3, 0.4) is 0 Å². The summed E-state index contributed by atoms with van der Waals surface area (Å²) in [6.07, 6.45) is 2.82. The number of aliphatic hydroxyl groups excluding tert-OH is 1. The fourth-order valence-corrected chi connectivity index (χ4v) is 3.09. The van der Waals surface area contributed by atoms with E-state index in [0.717, 1.165) is 30.6 Å². The van der Waals surface area contributed by atoms with E-state index in [0.29, 0.717) is 4.88 Å². The Kier molecular flexibility index (Phi) is 5.14. The van der Waals surface area contributed by atoms with Crippen molar-refractivity contribution < 1.29 is 14.7 Å². The Balaban J connectivity index is 1.71. The highest BCUT2D eigenvalue weighted by molar-refractivity contribution is 7.13. The van der Waals surface area contributed by atoms with E-state index in [-0.39, 0.29) is 30.5 Å². The summed E-state index contributed by atoms with van der Waals surface area (Å²) >= 11 is 1.41. The van der Waals surface area contributed by atoms with Crippen molar-refractivity contribution >= 4 is 23.2 Å². The van der Waals surface area contributed by atoms with Gasteiger partial charge in [-0.3, -0.25) is 9.59 Å². The van der Waals surface area contributed by atoms with Crippen LogP contribution in [-0.4, -0.2) is 35.6 Å². The minimum Gasteiger partial charge on any atom is -0.393 e. The molecule has 0 atom stereocenters. The zero-order valence-electron chi connectivity index (χ0n) is 11.5. The van der Waals surface area contributed by atoms with Crippen molar-refractivity contribution in [2.24, 2.45) is 0 Å². The summed E-state index contributed by atoms with van der Waals surface area (Å²) < 4.78 is 0. The number of aliphatic hydroxyl groups is 1. The normalized spacial score (nSPS) is 22.3. The van der Waals surface area contributed by atoms with Gasteiger partial charge in [-0.1, -0.05) is 0 Å². The van der Waals surface area contributed by atoms with E-state index in [1.807, 2.05) is 13.0 Å². The first-order chi connectivity index (χ1) is 9.54. The number of aryl methyl sites for hydroxylation is 1. The highest BCUT2D eigenvalue weighted by Gasteiger charge is 2.20. The van der Waals surface area contributed by atoms with Crippen LogP contribution in [0.25, 0.3) is 0 Å². The molecule has 20 heavy (non-hydrogen) atoms. The van der Waals surface area contributed by atoms with Crippen LogP contribution in [0, 0.1) is 6.92 Å². The van der Waals surface area contributed by atoms with E-state index in [1.165, 1.54) is 11.3 Å². The molecular weight excluding hydrogens is 276 g/mol. The van der Waals surface area contributed by atoms with Gasteiger partial charge >= 0.3 is 0 Å². The third-order valence-corrected chi connectivity index (χ3v) is 4.43. The summed E-state index contributed by atoms with van der Waals surface area (Å²) in [6, 6.07) is 3.76. The standard InChI is InChI=1S/C14H20N2O3S/c1-9-2-7-12(20-9)14(19)15-8-13(18)16-10-3-5-11(17)6-4-10/h2,7,10-11,17H,3-6,8H2,1H3,(H,15,19)(H,16,18). The topological polar surface area (TPSA) is 78.4 Å². The zero-order valence-corrected chi connectivity index (χ0v) is 12.3. The van der Waals surface area contributed by atoms with Crippen molar-refractivity contribution in [3.05, 3.63) is 21.9 Å². The number of carbonyl (C=O) groups excluding carboxylic acids is 2. The summed E-state index contributed by atoms with van der Waals surface area (Å²) in [6.45, 7) is 1.93. The SMILES string of the molecule is Cc1ccc(C(=O)NCC(=O)NC2CCC(O)CC2)s1. The Morgan fingerprint density at radius 2 is 2.00 bits per heavy atom. The van der Waals surface area contributed by atoms with Gasteiger partial charge in [-0.2, -0.15) is 0 Å². The highest BCUT2D eigenvalue weighted by Crippen LogP contribution is 2.18. The van der Waals surface area contributed by atoms with Crippen molar-refractivity contribution in [3.8, 4) is 0 Å². The fraction of sp³-hybridized carbons (Fsp3) is 0.571. The predicted molar refractivity (Wildman–Crippen MR) is 77.8 cm³/mol. The summed E-state index contributed by atoms with van der Waals surface area (Å²) in [5.74, 6) is -0.384. The molecule has 2 rings (SSSR count). The Bertz CT molecular complexity index is 479. The summed E-state index contributed by atoms with van der Waals surface area (Å²) in [4.78, 5) is 25.2. The first kappa shape index (κ1) is 15.0. The van der Waals surface area contributed by atoms with Crippen LogP contribution in [0.5, 0.6) is 0 Å². The summed E-state index contributed by atoms with van der Waals surface area (Å²) in [7, 11) is 0. The smallest absolute Gasteiger partial charge is 0.261 e. The summed E-state index contributed by atoms with van der Waals surface area (Å²) in [5, 5.41) is 14.9. The molecule has 5 nitrogen and oxygen atoms in total. The maximum atomic E-state index is 11.8. The first-order valence-corrected chi connectivity index (χ1v) is 7.68. The molecule has 110 valence electrons. The lowest BCUT2D eigenvalue weighted by Crippen LogP contribution is -2.43. The van der Waals surface area contributed by atoms with Crippen molar-refractivity contribution in [2.75, 3.05) is 6.54 Å². The Hall–Kier alpha value is -1.40. The van der Waals surface area contributed by atoms with Gasteiger partial charge in [-0.25, -0.2) is 0 Å². The molecule has 3 N–H and O–H groups in total. The lowest BCUT2D eigenvalue weighted by atomic mass is 9.93. The summed E-state index contributed by atoms with van der Waals surface area (Å²) in [5.41, 5.74) is 0. The van der Waals surface area contributed by atoms with Crippen molar-refractivity contribution in [3.63, 3.8) is 0 Å². The number of nitrogens with one attached hydrogen (secondary N) is 2. The quantitative estimate of drug-likeness (QED) is 0.781. The third-order valence-electron chi connectivity index (χ3n) is 3.44. The van der Waals surface area contributed by atoms with Crippen LogP contribution in [0.4, 0.5) is 0 Å². The number of carbonyl (C=O) groups is 2. The second-order valence-electron chi connectivity index (χ2n) is 5.17. The van der Waals surface area contributed by atoms with Crippen molar-refractivity contribution in [2.45, 2.75) is 44.8 Å². The molecule has 0 radical (unpaired) electrons. The van der Waals surface area contributed by atoms with Crippen LogP contribution in [0.1, 0.15) is 40.2 Å². The maximum absolute atomic E-state index is 11.8. The molecule has 0 aliphatic heterocycles. The molecule has 0 aromatic carbocycles. The molecule has 1 heterocycles. The minimum absolute atomic E-state index is 0.00512. The van der Waals surface area contributed by atoms with Gasteiger partial charge in [0.2, 0.25) is 5.91 Å².